The number of anilines is 1. The average Bonchev–Trinajstić information content (AvgIpc) is 2.30. The van der Waals surface area contributed by atoms with Crippen LogP contribution in [-0.4, -0.2) is 36.7 Å². The first kappa shape index (κ1) is 11.0. The van der Waals surface area contributed by atoms with Crippen LogP contribution in [0.2, 0.25) is 0 Å². The molecule has 6 heteroatoms. The lowest BCUT2D eigenvalue weighted by Crippen LogP contribution is -2.48. The van der Waals surface area contributed by atoms with Crippen molar-refractivity contribution in [2.45, 2.75) is 6.04 Å². The maximum atomic E-state index is 12.8. The molecule has 1 aliphatic heterocycles. The predicted molar refractivity (Wildman–Crippen MR) is 55.4 cm³/mol. The molecule has 0 bridgehead atoms. The number of rotatable bonds is 2. The van der Waals surface area contributed by atoms with E-state index in [-0.39, 0.29) is 11.7 Å². The number of hydrogen-bond acceptors (Lipinski definition) is 4. The Morgan fingerprint density at radius 3 is 3.19 bits per heavy atom. The molecule has 2 heterocycles. The van der Waals surface area contributed by atoms with E-state index in [1.54, 1.807) is 0 Å². The molecule has 1 atom stereocenters. The number of nitrogens with zero attached hydrogens (tertiary/aromatic N) is 1. The average molecular weight is 225 g/mol. The topological polar surface area (TPSA) is 63.2 Å². The molecular formula is C10H12FN3O2. The quantitative estimate of drug-likeness (QED) is 0.703. The van der Waals surface area contributed by atoms with Crippen molar-refractivity contribution < 1.29 is 13.9 Å². The maximum absolute atomic E-state index is 12.8. The number of morpholine rings is 1. The molecule has 0 radical (unpaired) electrons. The number of nitrogens with one attached hydrogen (secondary N) is 2. The summed E-state index contributed by atoms with van der Waals surface area (Å²) >= 11 is 0. The standard InChI is InChI=1S/C10H12FN3O2/c11-8-2-1-3-9(13-8)14-10(15)7-6-16-5-4-12-7/h1-3,7,12H,4-6H2,(H,13,14,15). The van der Waals surface area contributed by atoms with E-state index in [0.29, 0.717) is 19.8 Å². The van der Waals surface area contributed by atoms with Crippen LogP contribution in [0.3, 0.4) is 0 Å². The minimum atomic E-state index is -0.620. The summed E-state index contributed by atoms with van der Waals surface area (Å²) in [4.78, 5) is 15.2. The summed E-state index contributed by atoms with van der Waals surface area (Å²) in [5, 5.41) is 5.52. The summed E-state index contributed by atoms with van der Waals surface area (Å²) in [5.74, 6) is -0.680. The van der Waals surface area contributed by atoms with Gasteiger partial charge in [0.05, 0.1) is 13.2 Å². The van der Waals surface area contributed by atoms with Crippen molar-refractivity contribution in [3.05, 3.63) is 24.1 Å². The molecule has 0 aliphatic carbocycles. The van der Waals surface area contributed by atoms with Crippen LogP contribution < -0.4 is 10.6 Å². The number of carbonyl (C=O) groups excluding carboxylic acids is 1. The molecule has 1 unspecified atom stereocenters. The Hall–Kier alpha value is -1.53. The van der Waals surface area contributed by atoms with Gasteiger partial charge >= 0.3 is 0 Å². The Labute approximate surface area is 92.0 Å². The van der Waals surface area contributed by atoms with Gasteiger partial charge in [0.2, 0.25) is 11.9 Å². The molecule has 16 heavy (non-hydrogen) atoms. The normalized spacial score (nSPS) is 20.4. The number of amides is 1. The second-order valence-electron chi connectivity index (χ2n) is 3.42. The second kappa shape index (κ2) is 5.00. The van der Waals surface area contributed by atoms with E-state index >= 15 is 0 Å². The smallest absolute Gasteiger partial charge is 0.245 e. The first-order valence-electron chi connectivity index (χ1n) is 5.00. The fraction of sp³-hybridized carbons (Fsp3) is 0.400. The van der Waals surface area contributed by atoms with Gasteiger partial charge in [0.25, 0.3) is 0 Å². The Balaban J connectivity index is 1.96. The van der Waals surface area contributed by atoms with Crippen LogP contribution in [0.4, 0.5) is 10.2 Å². The van der Waals surface area contributed by atoms with Gasteiger partial charge in [-0.15, -0.1) is 0 Å². The molecule has 1 amide bonds. The van der Waals surface area contributed by atoms with Gasteiger partial charge in [0.1, 0.15) is 11.9 Å². The van der Waals surface area contributed by atoms with Crippen molar-refractivity contribution >= 4 is 11.7 Å². The summed E-state index contributed by atoms with van der Waals surface area (Å²) in [7, 11) is 0. The highest BCUT2D eigenvalue weighted by atomic mass is 19.1. The first-order chi connectivity index (χ1) is 7.75. The SMILES string of the molecule is O=C(Nc1cccc(F)n1)C1COCCN1. The molecule has 86 valence electrons. The lowest BCUT2D eigenvalue weighted by Gasteiger charge is -2.22. The summed E-state index contributed by atoms with van der Waals surface area (Å²) < 4.78 is 17.9. The minimum absolute atomic E-state index is 0.206. The Morgan fingerprint density at radius 2 is 2.50 bits per heavy atom. The fourth-order valence-electron chi connectivity index (χ4n) is 1.43. The number of pyridine rings is 1. The Kier molecular flexibility index (Phi) is 3.43. The van der Waals surface area contributed by atoms with Gasteiger partial charge in [0.15, 0.2) is 0 Å². The van der Waals surface area contributed by atoms with Gasteiger partial charge in [-0.05, 0) is 12.1 Å². The van der Waals surface area contributed by atoms with Crippen LogP contribution in [0, 0.1) is 5.95 Å². The maximum Gasteiger partial charge on any atom is 0.245 e. The molecule has 5 nitrogen and oxygen atoms in total. The van der Waals surface area contributed by atoms with E-state index in [2.05, 4.69) is 15.6 Å². The van der Waals surface area contributed by atoms with Crippen molar-refractivity contribution in [2.75, 3.05) is 25.1 Å². The zero-order valence-corrected chi connectivity index (χ0v) is 8.57. The number of hydrogen-bond donors (Lipinski definition) is 2. The number of ether oxygens (including phenoxy) is 1. The largest absolute Gasteiger partial charge is 0.378 e. The molecule has 1 saturated heterocycles. The van der Waals surface area contributed by atoms with Gasteiger partial charge < -0.3 is 15.4 Å². The highest BCUT2D eigenvalue weighted by molar-refractivity contribution is 5.94. The van der Waals surface area contributed by atoms with Gasteiger partial charge in [-0.25, -0.2) is 4.98 Å². The summed E-state index contributed by atoms with van der Waals surface area (Å²) in [6.45, 7) is 1.55. The molecule has 2 N–H and O–H groups in total. The summed E-state index contributed by atoms with van der Waals surface area (Å²) in [5.41, 5.74) is 0. The van der Waals surface area contributed by atoms with Gasteiger partial charge in [0, 0.05) is 6.54 Å². The second-order valence-corrected chi connectivity index (χ2v) is 3.42. The predicted octanol–water partition coefficient (Wildman–Crippen LogP) is 0.148. The van der Waals surface area contributed by atoms with Crippen molar-refractivity contribution in [3.63, 3.8) is 0 Å². The molecule has 1 fully saturated rings. The molecule has 0 saturated carbocycles. The van der Waals surface area contributed by atoms with Gasteiger partial charge in [-0.3, -0.25) is 4.79 Å². The van der Waals surface area contributed by atoms with Crippen molar-refractivity contribution in [3.8, 4) is 0 Å². The van der Waals surface area contributed by atoms with Crippen LogP contribution in [-0.2, 0) is 9.53 Å². The van der Waals surface area contributed by atoms with E-state index in [9.17, 15) is 9.18 Å². The third-order valence-corrected chi connectivity index (χ3v) is 2.20. The van der Waals surface area contributed by atoms with E-state index in [0.717, 1.165) is 0 Å². The van der Waals surface area contributed by atoms with Crippen LogP contribution in [0.5, 0.6) is 0 Å². The van der Waals surface area contributed by atoms with Gasteiger partial charge in [-0.1, -0.05) is 6.07 Å². The van der Waals surface area contributed by atoms with Crippen molar-refractivity contribution in [1.82, 2.24) is 10.3 Å². The summed E-state index contributed by atoms with van der Waals surface area (Å²) in [6.07, 6.45) is 0. The fourth-order valence-corrected chi connectivity index (χ4v) is 1.43. The van der Waals surface area contributed by atoms with Crippen molar-refractivity contribution in [2.24, 2.45) is 0 Å². The molecule has 1 aliphatic rings. The van der Waals surface area contributed by atoms with Gasteiger partial charge in [-0.2, -0.15) is 4.39 Å². The Morgan fingerprint density at radius 1 is 1.62 bits per heavy atom. The van der Waals surface area contributed by atoms with Crippen LogP contribution in [0.15, 0.2) is 18.2 Å². The minimum Gasteiger partial charge on any atom is -0.378 e. The lowest BCUT2D eigenvalue weighted by atomic mass is 10.2. The van der Waals surface area contributed by atoms with E-state index in [1.165, 1.54) is 18.2 Å². The van der Waals surface area contributed by atoms with E-state index < -0.39 is 12.0 Å². The van der Waals surface area contributed by atoms with Crippen LogP contribution in [0.1, 0.15) is 0 Å². The zero-order chi connectivity index (χ0) is 11.4. The zero-order valence-electron chi connectivity index (χ0n) is 8.57. The number of carbonyl (C=O) groups is 1. The third kappa shape index (κ3) is 2.74. The highest BCUT2D eigenvalue weighted by Crippen LogP contribution is 2.05. The molecule has 0 aromatic carbocycles. The molecule has 2 rings (SSSR count). The number of aromatic nitrogens is 1. The third-order valence-electron chi connectivity index (χ3n) is 2.20. The van der Waals surface area contributed by atoms with E-state index in [1.807, 2.05) is 0 Å². The van der Waals surface area contributed by atoms with Crippen LogP contribution >= 0.6 is 0 Å². The lowest BCUT2D eigenvalue weighted by molar-refractivity contribution is -0.120. The molecular weight excluding hydrogens is 213 g/mol. The highest BCUT2D eigenvalue weighted by Gasteiger charge is 2.21. The first-order valence-corrected chi connectivity index (χ1v) is 5.00. The summed E-state index contributed by atoms with van der Waals surface area (Å²) in [6, 6.07) is 3.84. The molecule has 0 spiro atoms. The Bertz CT molecular complexity index is 380. The van der Waals surface area contributed by atoms with Crippen molar-refractivity contribution in [1.29, 1.82) is 0 Å². The monoisotopic (exact) mass is 225 g/mol. The molecule has 1 aromatic rings. The number of halogens is 1. The van der Waals surface area contributed by atoms with Crippen LogP contribution in [0.25, 0.3) is 0 Å². The molecule has 1 aromatic heterocycles. The van der Waals surface area contributed by atoms with E-state index in [4.69, 9.17) is 4.74 Å².